The molecule has 146 valence electrons. The van der Waals surface area contributed by atoms with Crippen LogP contribution in [0, 0.1) is 0 Å². The van der Waals surface area contributed by atoms with Crippen LogP contribution in [0.1, 0.15) is 20.3 Å². The third-order valence-electron chi connectivity index (χ3n) is 5.17. The minimum Gasteiger partial charge on any atom is -1.00 e. The van der Waals surface area contributed by atoms with E-state index < -0.39 is 7.26 Å². The molecule has 0 spiro atoms. The van der Waals surface area contributed by atoms with Gasteiger partial charge in [-0.3, -0.25) is 0 Å². The van der Waals surface area contributed by atoms with E-state index in [-0.39, 0.29) is 12.4 Å². The van der Waals surface area contributed by atoms with Crippen LogP contribution in [-0.4, -0.2) is 14.8 Å². The Hall–Kier alpha value is -0.920. The van der Waals surface area contributed by atoms with Crippen LogP contribution in [0.25, 0.3) is 0 Å². The van der Waals surface area contributed by atoms with Gasteiger partial charge in [0.15, 0.2) is 4.32 Å². The summed E-state index contributed by atoms with van der Waals surface area (Å²) < 4.78 is 0.545. The average molecular weight is 445 g/mol. The summed E-state index contributed by atoms with van der Waals surface area (Å²) in [5.41, 5.74) is 0. The lowest BCUT2D eigenvalue weighted by molar-refractivity contribution is -0.00000523. The van der Waals surface area contributed by atoms with E-state index in [0.29, 0.717) is 14.8 Å². The van der Waals surface area contributed by atoms with Crippen molar-refractivity contribution in [2.75, 3.05) is 0 Å². The van der Waals surface area contributed by atoms with E-state index >= 15 is 0 Å². The van der Waals surface area contributed by atoms with E-state index in [2.05, 4.69) is 128 Å². The van der Waals surface area contributed by atoms with Gasteiger partial charge in [0.05, 0.1) is 0 Å². The Morgan fingerprint density at radius 1 is 0.607 bits per heavy atom. The highest BCUT2D eigenvalue weighted by Gasteiger charge is 2.55. The Morgan fingerprint density at radius 2 is 0.929 bits per heavy atom. The normalized spacial score (nSPS) is 22.3. The van der Waals surface area contributed by atoms with Gasteiger partial charge in [0, 0.05) is 10.5 Å². The zero-order chi connectivity index (χ0) is 18.7. The molecule has 0 aliphatic carbocycles. The summed E-state index contributed by atoms with van der Waals surface area (Å²) in [5.74, 6) is 0. The van der Waals surface area contributed by atoms with Crippen LogP contribution >= 0.6 is 30.8 Å². The Morgan fingerprint density at radius 3 is 1.25 bits per heavy atom. The molecule has 3 atom stereocenters. The molecule has 1 aliphatic rings. The summed E-state index contributed by atoms with van der Waals surface area (Å²) in [4.78, 5) is 0. The molecule has 3 aromatic rings. The van der Waals surface area contributed by atoms with Crippen molar-refractivity contribution in [2.24, 2.45) is 0 Å². The standard InChI is InChI=1S/C24H26PS2.ClH/c1-19-18-20(2)27-24(26-19)25(21-12-6-3-7-13-21,22-14-8-4-9-15-22)23-16-10-5-11-17-23;/h3-17,19-20,24H,18H2,1-2H3;1H/q+1;/p-1/t19-,20+,24?;. The molecular formula is C24H26ClPS2. The molecule has 1 fully saturated rings. The minimum absolute atomic E-state index is 0. The molecule has 4 heteroatoms. The molecule has 0 bridgehead atoms. The second kappa shape index (κ2) is 9.72. The average Bonchev–Trinajstić information content (AvgIpc) is 2.70. The van der Waals surface area contributed by atoms with E-state index in [1.54, 1.807) is 0 Å². The predicted molar refractivity (Wildman–Crippen MR) is 128 cm³/mol. The van der Waals surface area contributed by atoms with Crippen LogP contribution in [0.4, 0.5) is 0 Å². The van der Waals surface area contributed by atoms with Gasteiger partial charge in [-0.05, 0) is 42.8 Å². The number of halogens is 1. The Bertz CT molecular complexity index is 751. The fourth-order valence-electron chi connectivity index (χ4n) is 3.99. The smallest absolute Gasteiger partial charge is 0.174 e. The Balaban J connectivity index is 0.00000225. The molecule has 4 rings (SSSR count). The van der Waals surface area contributed by atoms with Gasteiger partial charge < -0.3 is 12.4 Å². The maximum atomic E-state index is 2.41. The Kier molecular flexibility index (Phi) is 7.56. The summed E-state index contributed by atoms with van der Waals surface area (Å²) in [6.45, 7) is 4.81. The van der Waals surface area contributed by atoms with E-state index in [0.717, 1.165) is 0 Å². The highest BCUT2D eigenvalue weighted by atomic mass is 35.5. The quantitative estimate of drug-likeness (QED) is 0.567. The third kappa shape index (κ3) is 4.17. The molecule has 1 aliphatic heterocycles. The van der Waals surface area contributed by atoms with E-state index in [1.165, 1.54) is 22.3 Å². The summed E-state index contributed by atoms with van der Waals surface area (Å²) >= 11 is 4.39. The molecule has 1 unspecified atom stereocenters. The van der Waals surface area contributed by atoms with Gasteiger partial charge in [-0.1, -0.05) is 68.4 Å². The van der Waals surface area contributed by atoms with E-state index in [4.69, 9.17) is 0 Å². The van der Waals surface area contributed by atoms with Crippen molar-refractivity contribution in [2.45, 2.75) is 35.1 Å². The highest BCUT2D eigenvalue weighted by molar-refractivity contribution is 8.30. The second-order valence-corrected chi connectivity index (χ2v) is 14.8. The molecule has 0 nitrogen and oxygen atoms in total. The van der Waals surface area contributed by atoms with Crippen LogP contribution in [0.5, 0.6) is 0 Å². The summed E-state index contributed by atoms with van der Waals surface area (Å²) in [7, 11) is -1.78. The molecular weight excluding hydrogens is 419 g/mol. The van der Waals surface area contributed by atoms with Crippen molar-refractivity contribution in [3.8, 4) is 0 Å². The topological polar surface area (TPSA) is 0 Å². The van der Waals surface area contributed by atoms with Crippen molar-refractivity contribution >= 4 is 46.7 Å². The maximum absolute atomic E-state index is 2.41. The van der Waals surface area contributed by atoms with Gasteiger partial charge in [0.25, 0.3) is 0 Å². The molecule has 3 aromatic carbocycles. The largest absolute Gasteiger partial charge is 1.00 e. The SMILES string of the molecule is C[C@@H]1C[C@H](C)SC([P+](c2ccccc2)(c2ccccc2)c2ccccc2)S1.[Cl-]. The number of hydrogen-bond donors (Lipinski definition) is 0. The van der Waals surface area contributed by atoms with Crippen LogP contribution < -0.4 is 28.3 Å². The monoisotopic (exact) mass is 444 g/mol. The molecule has 0 saturated carbocycles. The lowest BCUT2D eigenvalue weighted by Gasteiger charge is -2.39. The fourth-order valence-corrected chi connectivity index (χ4v) is 15.6. The molecule has 0 aromatic heterocycles. The highest BCUT2D eigenvalue weighted by Crippen LogP contribution is 2.69. The van der Waals surface area contributed by atoms with Crippen molar-refractivity contribution in [1.29, 1.82) is 0 Å². The molecule has 0 amide bonds. The number of thioether (sulfide) groups is 2. The first kappa shape index (κ1) is 21.8. The van der Waals surface area contributed by atoms with Crippen molar-refractivity contribution in [3.05, 3.63) is 91.0 Å². The molecule has 1 saturated heterocycles. The van der Waals surface area contributed by atoms with Crippen molar-refractivity contribution in [1.82, 2.24) is 0 Å². The first-order valence-electron chi connectivity index (χ1n) is 9.58. The fraction of sp³-hybridized carbons (Fsp3) is 0.250. The van der Waals surface area contributed by atoms with Gasteiger partial charge in [-0.15, -0.1) is 23.5 Å². The van der Waals surface area contributed by atoms with Crippen LogP contribution in [0.2, 0.25) is 0 Å². The van der Waals surface area contributed by atoms with Crippen LogP contribution in [0.15, 0.2) is 91.0 Å². The molecule has 0 radical (unpaired) electrons. The first-order valence-corrected chi connectivity index (χ1v) is 13.3. The zero-order valence-electron chi connectivity index (χ0n) is 16.2. The number of rotatable bonds is 4. The van der Waals surface area contributed by atoms with E-state index in [1.807, 2.05) is 0 Å². The lowest BCUT2D eigenvalue weighted by Crippen LogP contribution is -3.00. The van der Waals surface area contributed by atoms with Crippen LogP contribution in [0.3, 0.4) is 0 Å². The summed E-state index contributed by atoms with van der Waals surface area (Å²) in [5, 5.41) is 5.87. The third-order valence-corrected chi connectivity index (χ3v) is 14.2. The Labute approximate surface area is 184 Å². The van der Waals surface area contributed by atoms with E-state index in [9.17, 15) is 0 Å². The van der Waals surface area contributed by atoms with Crippen molar-refractivity contribution in [3.63, 3.8) is 0 Å². The number of hydrogen-bond acceptors (Lipinski definition) is 2. The van der Waals surface area contributed by atoms with Crippen LogP contribution in [-0.2, 0) is 0 Å². The van der Waals surface area contributed by atoms with Gasteiger partial charge in [-0.25, -0.2) is 0 Å². The molecule has 1 heterocycles. The van der Waals surface area contributed by atoms with Gasteiger partial charge >= 0.3 is 0 Å². The second-order valence-electron chi connectivity index (χ2n) is 7.17. The minimum atomic E-state index is -1.78. The van der Waals surface area contributed by atoms with Gasteiger partial charge in [0.1, 0.15) is 23.2 Å². The lowest BCUT2D eigenvalue weighted by atomic mass is 10.3. The maximum Gasteiger partial charge on any atom is 0.174 e. The predicted octanol–water partition coefficient (Wildman–Crippen LogP) is 2.92. The molecule has 0 N–H and O–H groups in total. The number of benzene rings is 3. The van der Waals surface area contributed by atoms with Gasteiger partial charge in [-0.2, -0.15) is 0 Å². The molecule has 28 heavy (non-hydrogen) atoms. The summed E-state index contributed by atoms with van der Waals surface area (Å²) in [6.07, 6.45) is 1.30. The van der Waals surface area contributed by atoms with Crippen molar-refractivity contribution < 1.29 is 12.4 Å². The zero-order valence-corrected chi connectivity index (χ0v) is 19.5. The van der Waals surface area contributed by atoms with Gasteiger partial charge in [0.2, 0.25) is 0 Å². The summed E-state index contributed by atoms with van der Waals surface area (Å²) in [6, 6.07) is 33.8. The first-order chi connectivity index (χ1) is 13.2.